The van der Waals surface area contributed by atoms with Gasteiger partial charge in [0.2, 0.25) is 0 Å². The minimum absolute atomic E-state index is 0.177. The van der Waals surface area contributed by atoms with E-state index in [1.165, 1.54) is 11.1 Å². The van der Waals surface area contributed by atoms with E-state index in [2.05, 4.69) is 76.7 Å². The molecule has 0 radical (unpaired) electrons. The molecule has 2 aliphatic heterocycles. The van der Waals surface area contributed by atoms with Crippen molar-refractivity contribution in [3.05, 3.63) is 75.8 Å². The molecule has 1 aliphatic carbocycles. The first kappa shape index (κ1) is 18.9. The van der Waals surface area contributed by atoms with Crippen LogP contribution in [-0.4, -0.2) is 23.9 Å². The number of nitrogens with one attached hydrogen (secondary N) is 1. The molecule has 2 heterocycles. The minimum Gasteiger partial charge on any atom is -0.377 e. The Morgan fingerprint density at radius 1 is 1.10 bits per heavy atom. The zero-order valence-electron chi connectivity index (χ0n) is 16.8. The highest BCUT2D eigenvalue weighted by Gasteiger charge is 2.39. The van der Waals surface area contributed by atoms with Crippen LogP contribution in [0.25, 0.3) is 0 Å². The number of hydrogen-bond donors (Lipinski definition) is 1. The number of fused-ring (bicyclic) bond motifs is 3. The highest BCUT2D eigenvalue weighted by molar-refractivity contribution is 9.10. The lowest BCUT2D eigenvalue weighted by Gasteiger charge is -2.39. The quantitative estimate of drug-likeness (QED) is 0.556. The molecule has 1 saturated heterocycles. The van der Waals surface area contributed by atoms with Crippen LogP contribution >= 0.6 is 15.9 Å². The molecule has 1 N–H and O–H groups in total. The van der Waals surface area contributed by atoms with Crippen molar-refractivity contribution in [1.29, 1.82) is 0 Å². The number of likely N-dealkylation sites (tertiary alicyclic amines) is 1. The molecule has 2 aromatic rings. The normalized spacial score (nSPS) is 26.0. The zero-order valence-corrected chi connectivity index (χ0v) is 18.4. The Morgan fingerprint density at radius 3 is 2.62 bits per heavy atom. The van der Waals surface area contributed by atoms with Gasteiger partial charge in [0.25, 0.3) is 5.91 Å². The molecule has 1 amide bonds. The molecule has 150 valence electrons. The van der Waals surface area contributed by atoms with Crippen LogP contribution in [0.2, 0.25) is 0 Å². The number of amides is 1. The van der Waals surface area contributed by atoms with Gasteiger partial charge in [-0.2, -0.15) is 0 Å². The van der Waals surface area contributed by atoms with Crippen LogP contribution in [0.4, 0.5) is 5.69 Å². The van der Waals surface area contributed by atoms with Crippen molar-refractivity contribution in [1.82, 2.24) is 4.90 Å². The van der Waals surface area contributed by atoms with E-state index in [1.807, 2.05) is 11.0 Å². The smallest absolute Gasteiger partial charge is 0.255 e. The van der Waals surface area contributed by atoms with Gasteiger partial charge in [-0.25, -0.2) is 0 Å². The Bertz CT molecular complexity index is 944. The maximum atomic E-state index is 13.4. The number of piperidine rings is 1. The molecule has 3 aliphatic rings. The van der Waals surface area contributed by atoms with Gasteiger partial charge < -0.3 is 10.2 Å². The molecular formula is C25H27BrN2O. The van der Waals surface area contributed by atoms with Crippen molar-refractivity contribution in [3.63, 3.8) is 0 Å². The van der Waals surface area contributed by atoms with Crippen molar-refractivity contribution in [2.75, 3.05) is 18.4 Å². The Balaban J connectivity index is 1.52. The van der Waals surface area contributed by atoms with E-state index >= 15 is 0 Å². The first-order valence-corrected chi connectivity index (χ1v) is 11.5. The van der Waals surface area contributed by atoms with Gasteiger partial charge in [-0.1, -0.05) is 59.3 Å². The van der Waals surface area contributed by atoms with E-state index in [0.29, 0.717) is 17.8 Å². The molecule has 3 atom stereocenters. The van der Waals surface area contributed by atoms with Gasteiger partial charge in [0, 0.05) is 23.5 Å². The molecule has 3 unspecified atom stereocenters. The van der Waals surface area contributed by atoms with Crippen molar-refractivity contribution in [3.8, 4) is 0 Å². The Labute approximate surface area is 181 Å². The standard InChI is InChI=1S/C25H27BrN2O/c1-16-12-14-28(15-13-16)25(29)22-7-3-6-21-19-4-2-5-20(19)23(27-24(21)22)17-8-10-18(26)11-9-17/h2-4,6-11,16,19-20,23,27H,5,12-15H2,1H3. The lowest BCUT2D eigenvalue weighted by Crippen LogP contribution is -2.39. The summed E-state index contributed by atoms with van der Waals surface area (Å²) in [5.74, 6) is 1.75. The summed E-state index contributed by atoms with van der Waals surface area (Å²) in [6.07, 6.45) is 7.91. The molecule has 0 aromatic heterocycles. The van der Waals surface area contributed by atoms with Gasteiger partial charge in [0.15, 0.2) is 0 Å². The third-order valence-electron chi connectivity index (χ3n) is 6.93. The highest BCUT2D eigenvalue weighted by atomic mass is 79.9. The van der Waals surface area contributed by atoms with E-state index in [9.17, 15) is 4.79 Å². The summed E-state index contributed by atoms with van der Waals surface area (Å²) in [7, 11) is 0. The summed E-state index contributed by atoms with van der Waals surface area (Å²) in [6, 6.07) is 15.1. The van der Waals surface area contributed by atoms with E-state index in [4.69, 9.17) is 0 Å². The maximum absolute atomic E-state index is 13.4. The van der Waals surface area contributed by atoms with Crippen molar-refractivity contribution >= 4 is 27.5 Å². The SMILES string of the molecule is CC1CCN(C(=O)c2cccc3c2NC(c2ccc(Br)cc2)C2CC=CC32)CC1. The van der Waals surface area contributed by atoms with Gasteiger partial charge in [-0.15, -0.1) is 0 Å². The fourth-order valence-electron chi connectivity index (χ4n) is 5.18. The number of nitrogens with zero attached hydrogens (tertiary/aromatic N) is 1. The maximum Gasteiger partial charge on any atom is 0.255 e. The number of carbonyl (C=O) groups is 1. The molecule has 0 spiro atoms. The average Bonchev–Trinajstić information content (AvgIpc) is 3.24. The van der Waals surface area contributed by atoms with E-state index in [0.717, 1.165) is 48.1 Å². The van der Waals surface area contributed by atoms with Crippen LogP contribution in [0, 0.1) is 11.8 Å². The number of hydrogen-bond acceptors (Lipinski definition) is 2. The summed E-state index contributed by atoms with van der Waals surface area (Å²) in [5, 5.41) is 3.80. The first-order valence-electron chi connectivity index (χ1n) is 10.7. The van der Waals surface area contributed by atoms with Crippen molar-refractivity contribution < 1.29 is 4.79 Å². The minimum atomic E-state index is 0.177. The Kier molecular flexibility index (Phi) is 4.99. The molecule has 4 heteroatoms. The molecule has 1 fully saturated rings. The zero-order chi connectivity index (χ0) is 20.0. The molecule has 2 aromatic carbocycles. The third-order valence-corrected chi connectivity index (χ3v) is 7.46. The van der Waals surface area contributed by atoms with Crippen LogP contribution in [0.15, 0.2) is 59.1 Å². The largest absolute Gasteiger partial charge is 0.377 e. The first-order chi connectivity index (χ1) is 14.1. The van der Waals surface area contributed by atoms with Gasteiger partial charge >= 0.3 is 0 Å². The summed E-state index contributed by atoms with van der Waals surface area (Å²) >= 11 is 3.55. The predicted molar refractivity (Wildman–Crippen MR) is 121 cm³/mol. The summed E-state index contributed by atoms with van der Waals surface area (Å²) < 4.78 is 1.09. The van der Waals surface area contributed by atoms with Crippen LogP contribution in [0.5, 0.6) is 0 Å². The molecule has 0 bridgehead atoms. The second-order valence-corrected chi connectivity index (χ2v) is 9.69. The lowest BCUT2D eigenvalue weighted by molar-refractivity contribution is 0.0698. The second kappa shape index (κ2) is 7.64. The van der Waals surface area contributed by atoms with E-state index in [1.54, 1.807) is 0 Å². The van der Waals surface area contributed by atoms with Crippen molar-refractivity contribution in [2.24, 2.45) is 11.8 Å². The van der Waals surface area contributed by atoms with Gasteiger partial charge in [0.1, 0.15) is 0 Å². The van der Waals surface area contributed by atoms with Crippen LogP contribution in [-0.2, 0) is 0 Å². The third kappa shape index (κ3) is 3.42. The molecular weight excluding hydrogens is 424 g/mol. The summed E-state index contributed by atoms with van der Waals surface area (Å²) in [4.78, 5) is 15.5. The fourth-order valence-corrected chi connectivity index (χ4v) is 5.45. The van der Waals surface area contributed by atoms with Gasteiger partial charge in [-0.3, -0.25) is 4.79 Å². The number of carbonyl (C=O) groups excluding carboxylic acids is 1. The number of anilines is 1. The molecule has 5 rings (SSSR count). The molecule has 29 heavy (non-hydrogen) atoms. The van der Waals surface area contributed by atoms with Crippen LogP contribution in [0.1, 0.15) is 59.6 Å². The van der Waals surface area contributed by atoms with Gasteiger partial charge in [-0.05, 0) is 60.4 Å². The highest BCUT2D eigenvalue weighted by Crippen LogP contribution is 2.50. The van der Waals surface area contributed by atoms with Crippen LogP contribution < -0.4 is 5.32 Å². The number of rotatable bonds is 2. The number of benzene rings is 2. The Morgan fingerprint density at radius 2 is 1.86 bits per heavy atom. The van der Waals surface area contributed by atoms with Crippen molar-refractivity contribution in [2.45, 2.75) is 38.1 Å². The fraction of sp³-hybridized carbons (Fsp3) is 0.400. The molecule has 3 nitrogen and oxygen atoms in total. The van der Waals surface area contributed by atoms with E-state index < -0.39 is 0 Å². The summed E-state index contributed by atoms with van der Waals surface area (Å²) in [6.45, 7) is 4.01. The Hall–Kier alpha value is -2.07. The monoisotopic (exact) mass is 450 g/mol. The number of allylic oxidation sites excluding steroid dienone is 2. The summed E-state index contributed by atoms with van der Waals surface area (Å²) in [5.41, 5.74) is 4.43. The molecule has 0 saturated carbocycles. The second-order valence-electron chi connectivity index (χ2n) is 8.77. The van der Waals surface area contributed by atoms with Crippen LogP contribution in [0.3, 0.4) is 0 Å². The lowest BCUT2D eigenvalue weighted by atomic mass is 9.76. The number of halogens is 1. The average molecular weight is 451 g/mol. The topological polar surface area (TPSA) is 32.3 Å². The van der Waals surface area contributed by atoms with E-state index in [-0.39, 0.29) is 11.9 Å². The van der Waals surface area contributed by atoms with Gasteiger partial charge in [0.05, 0.1) is 17.3 Å². The number of para-hydroxylation sites is 1. The predicted octanol–water partition coefficient (Wildman–Crippen LogP) is 6.15.